The number of carbonyl (C=O) groups excluding carboxylic acids is 1. The molecule has 0 spiro atoms. The zero-order valence-electron chi connectivity index (χ0n) is 8.40. The number of aryl methyl sites for hydroxylation is 1. The minimum atomic E-state index is -0.382. The average Bonchev–Trinajstić information content (AvgIpc) is 2.59. The second-order valence-electron chi connectivity index (χ2n) is 2.84. The van der Waals surface area contributed by atoms with Crippen LogP contribution in [0.5, 0.6) is 0 Å². The normalized spacial score (nSPS) is 12.5. The summed E-state index contributed by atoms with van der Waals surface area (Å²) in [5, 5.41) is 10.3. The van der Waals surface area contributed by atoms with E-state index in [1.54, 1.807) is 13.8 Å². The molecule has 6 heteroatoms. The Morgan fingerprint density at radius 3 is 2.86 bits per heavy atom. The fraction of sp³-hybridized carbons (Fsp3) is 0.625. The Morgan fingerprint density at radius 2 is 2.36 bits per heavy atom. The molecule has 1 N–H and O–H groups in total. The van der Waals surface area contributed by atoms with E-state index in [1.165, 1.54) is 7.11 Å². The van der Waals surface area contributed by atoms with E-state index in [0.29, 0.717) is 18.3 Å². The summed E-state index contributed by atoms with van der Waals surface area (Å²) in [6.45, 7) is 3.77. The Labute approximate surface area is 81.6 Å². The number of carbonyl (C=O) groups is 1. The van der Waals surface area contributed by atoms with Gasteiger partial charge in [-0.25, -0.2) is 0 Å². The molecule has 0 aromatic carbocycles. The summed E-state index contributed by atoms with van der Waals surface area (Å²) in [6, 6.07) is -0.382. The molecule has 0 radical (unpaired) electrons. The Bertz CT molecular complexity index is 311. The molecule has 0 fully saturated rings. The van der Waals surface area contributed by atoms with Crippen molar-refractivity contribution in [2.45, 2.75) is 26.4 Å². The van der Waals surface area contributed by atoms with E-state index in [4.69, 9.17) is 4.42 Å². The smallest absolute Gasteiger partial charge is 0.322 e. The van der Waals surface area contributed by atoms with Crippen LogP contribution in [0.3, 0.4) is 0 Å². The number of esters is 1. The lowest BCUT2D eigenvalue weighted by molar-refractivity contribution is -0.142. The molecule has 0 aliphatic carbocycles. The summed E-state index contributed by atoms with van der Waals surface area (Å²) in [5.41, 5.74) is 0. The molecule has 0 aliphatic heterocycles. The van der Waals surface area contributed by atoms with E-state index in [-0.39, 0.29) is 12.0 Å². The molecule has 1 rings (SSSR count). The number of hydrogen-bond donors (Lipinski definition) is 1. The van der Waals surface area contributed by atoms with Crippen LogP contribution in [0.1, 0.15) is 18.7 Å². The van der Waals surface area contributed by atoms with Crippen LogP contribution in [0.2, 0.25) is 0 Å². The third-order valence-electron chi connectivity index (χ3n) is 1.68. The van der Waals surface area contributed by atoms with Crippen LogP contribution in [0.4, 0.5) is 0 Å². The van der Waals surface area contributed by atoms with Gasteiger partial charge in [-0.1, -0.05) is 0 Å². The van der Waals surface area contributed by atoms with Gasteiger partial charge in [0.25, 0.3) is 0 Å². The molecule has 6 nitrogen and oxygen atoms in total. The highest BCUT2D eigenvalue weighted by Crippen LogP contribution is 1.97. The van der Waals surface area contributed by atoms with E-state index in [0.717, 1.165) is 0 Å². The quantitative estimate of drug-likeness (QED) is 0.689. The molecule has 1 heterocycles. The molecule has 0 bridgehead atoms. The van der Waals surface area contributed by atoms with Crippen LogP contribution in [0.25, 0.3) is 0 Å². The number of nitrogens with zero attached hydrogens (tertiary/aromatic N) is 2. The molecular weight excluding hydrogens is 186 g/mol. The summed E-state index contributed by atoms with van der Waals surface area (Å²) < 4.78 is 9.65. The number of ether oxygens (including phenoxy) is 1. The van der Waals surface area contributed by atoms with Crippen molar-refractivity contribution in [2.24, 2.45) is 0 Å². The second kappa shape index (κ2) is 4.71. The molecule has 0 aliphatic rings. The van der Waals surface area contributed by atoms with Gasteiger partial charge in [0.15, 0.2) is 0 Å². The fourth-order valence-electron chi connectivity index (χ4n) is 0.909. The predicted octanol–water partition coefficient (Wildman–Crippen LogP) is 0.0291. The van der Waals surface area contributed by atoms with E-state index < -0.39 is 0 Å². The maximum Gasteiger partial charge on any atom is 0.322 e. The van der Waals surface area contributed by atoms with Crippen LogP contribution in [0, 0.1) is 6.92 Å². The fourth-order valence-corrected chi connectivity index (χ4v) is 0.909. The van der Waals surface area contributed by atoms with Crippen LogP contribution in [0.15, 0.2) is 4.42 Å². The zero-order chi connectivity index (χ0) is 10.6. The highest BCUT2D eigenvalue weighted by Gasteiger charge is 2.13. The average molecular weight is 199 g/mol. The first-order chi connectivity index (χ1) is 6.63. The van der Waals surface area contributed by atoms with Crippen molar-refractivity contribution in [1.29, 1.82) is 0 Å². The lowest BCUT2D eigenvalue weighted by Crippen LogP contribution is -2.34. The van der Waals surface area contributed by atoms with Gasteiger partial charge in [0.2, 0.25) is 11.8 Å². The van der Waals surface area contributed by atoms with Crippen molar-refractivity contribution >= 4 is 5.97 Å². The monoisotopic (exact) mass is 199 g/mol. The van der Waals surface area contributed by atoms with E-state index >= 15 is 0 Å². The molecule has 1 aromatic heterocycles. The Morgan fingerprint density at radius 1 is 1.64 bits per heavy atom. The van der Waals surface area contributed by atoms with Crippen LogP contribution >= 0.6 is 0 Å². The molecular formula is C8H13N3O3. The second-order valence-corrected chi connectivity index (χ2v) is 2.84. The predicted molar refractivity (Wildman–Crippen MR) is 47.4 cm³/mol. The van der Waals surface area contributed by atoms with Gasteiger partial charge < -0.3 is 9.15 Å². The zero-order valence-corrected chi connectivity index (χ0v) is 8.40. The van der Waals surface area contributed by atoms with Gasteiger partial charge in [-0.3, -0.25) is 10.1 Å². The van der Waals surface area contributed by atoms with Gasteiger partial charge in [-0.2, -0.15) is 0 Å². The molecule has 0 saturated carbocycles. The Balaban J connectivity index is 2.37. The standard InChI is InChI=1S/C8H13N3O3/c1-5(8(12)13-3)9-4-7-11-10-6(2)14-7/h5,9H,4H2,1-3H3. The van der Waals surface area contributed by atoms with Gasteiger partial charge in [0.1, 0.15) is 6.04 Å². The van der Waals surface area contributed by atoms with Gasteiger partial charge in [0, 0.05) is 6.92 Å². The minimum Gasteiger partial charge on any atom is -0.468 e. The molecule has 0 saturated heterocycles. The highest BCUT2D eigenvalue weighted by atomic mass is 16.5. The van der Waals surface area contributed by atoms with E-state index in [9.17, 15) is 4.79 Å². The number of rotatable bonds is 4. The topological polar surface area (TPSA) is 77.2 Å². The maximum absolute atomic E-state index is 11.0. The first-order valence-corrected chi connectivity index (χ1v) is 4.23. The third kappa shape index (κ3) is 2.81. The lowest BCUT2D eigenvalue weighted by atomic mass is 10.3. The van der Waals surface area contributed by atoms with Crippen LogP contribution < -0.4 is 5.32 Å². The van der Waals surface area contributed by atoms with Crippen molar-refractivity contribution in [2.75, 3.05) is 7.11 Å². The largest absolute Gasteiger partial charge is 0.468 e. The van der Waals surface area contributed by atoms with Crippen molar-refractivity contribution in [3.8, 4) is 0 Å². The minimum absolute atomic E-state index is 0.318. The van der Waals surface area contributed by atoms with Gasteiger partial charge in [0.05, 0.1) is 13.7 Å². The number of hydrogen-bond acceptors (Lipinski definition) is 6. The first kappa shape index (κ1) is 10.6. The van der Waals surface area contributed by atoms with Crippen LogP contribution in [-0.2, 0) is 16.1 Å². The van der Waals surface area contributed by atoms with Crippen LogP contribution in [-0.4, -0.2) is 29.3 Å². The Kier molecular flexibility index (Phi) is 3.58. The number of aromatic nitrogens is 2. The molecule has 1 atom stereocenters. The van der Waals surface area contributed by atoms with E-state index in [2.05, 4.69) is 20.3 Å². The summed E-state index contributed by atoms with van der Waals surface area (Å²) >= 11 is 0. The van der Waals surface area contributed by atoms with Crippen molar-refractivity contribution in [3.63, 3.8) is 0 Å². The molecule has 0 amide bonds. The molecule has 78 valence electrons. The maximum atomic E-state index is 11.0. The first-order valence-electron chi connectivity index (χ1n) is 4.23. The summed E-state index contributed by atoms with van der Waals surface area (Å²) in [4.78, 5) is 11.0. The van der Waals surface area contributed by atoms with Gasteiger partial charge in [-0.05, 0) is 6.92 Å². The molecule has 1 aromatic rings. The molecule has 1 unspecified atom stereocenters. The van der Waals surface area contributed by atoms with E-state index in [1.807, 2.05) is 0 Å². The summed E-state index contributed by atoms with van der Waals surface area (Å²) in [6.07, 6.45) is 0. The molecule has 14 heavy (non-hydrogen) atoms. The van der Waals surface area contributed by atoms with Crippen molar-refractivity contribution < 1.29 is 13.9 Å². The third-order valence-corrected chi connectivity index (χ3v) is 1.68. The Hall–Kier alpha value is -1.43. The summed E-state index contributed by atoms with van der Waals surface area (Å²) in [7, 11) is 1.34. The van der Waals surface area contributed by atoms with Crippen molar-refractivity contribution in [3.05, 3.63) is 11.8 Å². The van der Waals surface area contributed by atoms with Gasteiger partial charge in [-0.15, -0.1) is 10.2 Å². The number of nitrogens with one attached hydrogen (secondary N) is 1. The lowest BCUT2D eigenvalue weighted by Gasteiger charge is -2.08. The highest BCUT2D eigenvalue weighted by molar-refractivity contribution is 5.74. The summed E-state index contributed by atoms with van der Waals surface area (Å²) in [5.74, 6) is 0.645. The van der Waals surface area contributed by atoms with Gasteiger partial charge >= 0.3 is 5.97 Å². The SMILES string of the molecule is COC(=O)C(C)NCc1nnc(C)o1. The number of methoxy groups -OCH3 is 1. The van der Waals surface area contributed by atoms with Crippen molar-refractivity contribution in [1.82, 2.24) is 15.5 Å².